The Bertz CT molecular complexity index is 515. The topological polar surface area (TPSA) is 64.9 Å². The van der Waals surface area contributed by atoms with E-state index in [2.05, 4.69) is 17.1 Å². The fourth-order valence-corrected chi connectivity index (χ4v) is 1.84. The van der Waals surface area contributed by atoms with Gasteiger partial charge >= 0.3 is 0 Å². The first kappa shape index (κ1) is 11.9. The van der Waals surface area contributed by atoms with Crippen LogP contribution in [0.3, 0.4) is 0 Å². The number of para-hydroxylation sites is 1. The predicted molar refractivity (Wildman–Crippen MR) is 65.9 cm³/mol. The third-order valence-electron chi connectivity index (χ3n) is 2.19. The van der Waals surface area contributed by atoms with Crippen molar-refractivity contribution in [2.75, 3.05) is 11.5 Å². The summed E-state index contributed by atoms with van der Waals surface area (Å²) in [6, 6.07) is 4.51. The zero-order valence-electron chi connectivity index (χ0n) is 9.31. The monoisotopic (exact) mass is 253 g/mol. The van der Waals surface area contributed by atoms with Crippen LogP contribution >= 0.6 is 11.8 Å². The van der Waals surface area contributed by atoms with Gasteiger partial charge in [-0.15, -0.1) is 0 Å². The number of nitrogens with zero attached hydrogens (tertiary/aromatic N) is 2. The molecule has 90 valence electrons. The average Bonchev–Trinajstić information content (AvgIpc) is 2.78. The highest BCUT2D eigenvalue weighted by Crippen LogP contribution is 2.26. The lowest BCUT2D eigenvalue weighted by Gasteiger charge is -2.00. The number of thioether (sulfide) groups is 1. The number of nitrogens with two attached hydrogens (primary N) is 1. The SMILES string of the molecule is CCSCc1noc(-c2cccc(F)c2N)n1. The molecule has 0 aliphatic carbocycles. The molecule has 2 aromatic rings. The second-order valence-corrected chi connectivity index (χ2v) is 4.63. The molecule has 0 spiro atoms. The van der Waals surface area contributed by atoms with E-state index in [1.54, 1.807) is 23.9 Å². The summed E-state index contributed by atoms with van der Waals surface area (Å²) in [7, 11) is 0. The fourth-order valence-electron chi connectivity index (χ4n) is 1.34. The molecule has 0 aliphatic rings. The lowest BCUT2D eigenvalue weighted by molar-refractivity contribution is 0.425. The van der Waals surface area contributed by atoms with Crippen LogP contribution in [-0.2, 0) is 5.75 Å². The maximum atomic E-state index is 13.3. The van der Waals surface area contributed by atoms with Gasteiger partial charge < -0.3 is 10.3 Å². The van der Waals surface area contributed by atoms with Gasteiger partial charge in [-0.05, 0) is 17.9 Å². The molecule has 0 saturated carbocycles. The predicted octanol–water partition coefficient (Wildman–Crippen LogP) is 2.71. The van der Waals surface area contributed by atoms with Crippen molar-refractivity contribution < 1.29 is 8.91 Å². The largest absolute Gasteiger partial charge is 0.396 e. The van der Waals surface area contributed by atoms with E-state index >= 15 is 0 Å². The summed E-state index contributed by atoms with van der Waals surface area (Å²) in [5, 5.41) is 3.82. The third kappa shape index (κ3) is 2.58. The summed E-state index contributed by atoms with van der Waals surface area (Å²) in [6.45, 7) is 2.05. The molecule has 2 N–H and O–H groups in total. The number of hydrogen-bond donors (Lipinski definition) is 1. The lowest BCUT2D eigenvalue weighted by Crippen LogP contribution is -1.94. The van der Waals surface area contributed by atoms with Crippen LogP contribution in [0.2, 0.25) is 0 Å². The van der Waals surface area contributed by atoms with Gasteiger partial charge in [0.2, 0.25) is 0 Å². The minimum atomic E-state index is -0.481. The molecule has 6 heteroatoms. The smallest absolute Gasteiger partial charge is 0.260 e. The normalized spacial score (nSPS) is 10.7. The van der Waals surface area contributed by atoms with Gasteiger partial charge in [-0.3, -0.25) is 0 Å². The Labute approximate surface area is 102 Å². The fraction of sp³-hybridized carbons (Fsp3) is 0.273. The van der Waals surface area contributed by atoms with Crippen LogP contribution in [-0.4, -0.2) is 15.9 Å². The molecule has 0 fully saturated rings. The van der Waals surface area contributed by atoms with Gasteiger partial charge in [-0.1, -0.05) is 18.1 Å². The molecule has 1 aromatic heterocycles. The van der Waals surface area contributed by atoms with Crippen LogP contribution in [0.4, 0.5) is 10.1 Å². The zero-order chi connectivity index (χ0) is 12.3. The Balaban J connectivity index is 2.27. The van der Waals surface area contributed by atoms with Crippen LogP contribution in [0, 0.1) is 5.82 Å². The van der Waals surface area contributed by atoms with E-state index in [4.69, 9.17) is 10.3 Å². The summed E-state index contributed by atoms with van der Waals surface area (Å²) < 4.78 is 18.3. The van der Waals surface area contributed by atoms with Gasteiger partial charge in [-0.25, -0.2) is 4.39 Å². The van der Waals surface area contributed by atoms with Crippen molar-refractivity contribution in [1.29, 1.82) is 0 Å². The summed E-state index contributed by atoms with van der Waals surface area (Å²) in [5.74, 6) is 2.02. The number of halogens is 1. The molecule has 1 heterocycles. The maximum Gasteiger partial charge on any atom is 0.260 e. The molecule has 0 radical (unpaired) electrons. The van der Waals surface area contributed by atoms with E-state index < -0.39 is 5.82 Å². The Morgan fingerprint density at radius 2 is 2.29 bits per heavy atom. The number of benzene rings is 1. The molecule has 0 aliphatic heterocycles. The summed E-state index contributed by atoms with van der Waals surface area (Å²) in [6.07, 6.45) is 0. The molecular formula is C11H12FN3OS. The highest BCUT2D eigenvalue weighted by atomic mass is 32.2. The Morgan fingerprint density at radius 1 is 1.47 bits per heavy atom. The molecule has 2 rings (SSSR count). The van der Waals surface area contributed by atoms with Gasteiger partial charge in [0.15, 0.2) is 5.82 Å². The van der Waals surface area contributed by atoms with Crippen molar-refractivity contribution in [2.45, 2.75) is 12.7 Å². The molecule has 17 heavy (non-hydrogen) atoms. The van der Waals surface area contributed by atoms with Gasteiger partial charge in [0.1, 0.15) is 5.82 Å². The summed E-state index contributed by atoms with van der Waals surface area (Å²) in [4.78, 5) is 4.17. The van der Waals surface area contributed by atoms with Gasteiger partial charge in [0, 0.05) is 0 Å². The summed E-state index contributed by atoms with van der Waals surface area (Å²) >= 11 is 1.69. The molecule has 0 amide bonds. The van der Waals surface area contributed by atoms with Crippen molar-refractivity contribution in [2.24, 2.45) is 0 Å². The Morgan fingerprint density at radius 3 is 3.06 bits per heavy atom. The van der Waals surface area contributed by atoms with E-state index in [-0.39, 0.29) is 11.6 Å². The molecule has 0 unspecified atom stereocenters. The Kier molecular flexibility index (Phi) is 3.63. The number of aromatic nitrogens is 2. The van der Waals surface area contributed by atoms with E-state index in [1.807, 2.05) is 0 Å². The second-order valence-electron chi connectivity index (χ2n) is 3.35. The van der Waals surface area contributed by atoms with Crippen LogP contribution < -0.4 is 5.73 Å². The third-order valence-corrected chi connectivity index (χ3v) is 3.06. The van der Waals surface area contributed by atoms with Crippen molar-refractivity contribution in [3.63, 3.8) is 0 Å². The molecule has 1 aromatic carbocycles. The molecule has 0 saturated heterocycles. The standard InChI is InChI=1S/C11H12FN3OS/c1-2-17-6-9-14-11(16-15-9)7-4-3-5-8(12)10(7)13/h3-5H,2,6,13H2,1H3. The molecule has 0 bridgehead atoms. The van der Waals surface area contributed by atoms with E-state index in [0.717, 1.165) is 5.75 Å². The minimum absolute atomic E-state index is 0.0332. The van der Waals surface area contributed by atoms with Crippen molar-refractivity contribution in [3.05, 3.63) is 29.8 Å². The van der Waals surface area contributed by atoms with E-state index in [9.17, 15) is 4.39 Å². The Hall–Kier alpha value is -1.56. The van der Waals surface area contributed by atoms with Gasteiger partial charge in [0.25, 0.3) is 5.89 Å². The van der Waals surface area contributed by atoms with Crippen LogP contribution in [0.1, 0.15) is 12.7 Å². The first-order valence-electron chi connectivity index (χ1n) is 5.17. The van der Waals surface area contributed by atoms with Gasteiger partial charge in [0.05, 0.1) is 17.0 Å². The van der Waals surface area contributed by atoms with Crippen molar-refractivity contribution in [3.8, 4) is 11.5 Å². The molecule has 0 atom stereocenters. The van der Waals surface area contributed by atoms with Crippen molar-refractivity contribution >= 4 is 17.4 Å². The quantitative estimate of drug-likeness (QED) is 0.849. The first-order valence-corrected chi connectivity index (χ1v) is 6.32. The van der Waals surface area contributed by atoms with Crippen LogP contribution in [0.5, 0.6) is 0 Å². The number of rotatable bonds is 4. The molecular weight excluding hydrogens is 241 g/mol. The maximum absolute atomic E-state index is 13.3. The number of hydrogen-bond acceptors (Lipinski definition) is 5. The lowest BCUT2D eigenvalue weighted by atomic mass is 10.2. The van der Waals surface area contributed by atoms with E-state index in [0.29, 0.717) is 17.1 Å². The van der Waals surface area contributed by atoms with Gasteiger partial charge in [-0.2, -0.15) is 16.7 Å². The minimum Gasteiger partial charge on any atom is -0.396 e. The zero-order valence-corrected chi connectivity index (χ0v) is 10.1. The summed E-state index contributed by atoms with van der Waals surface area (Å²) in [5.41, 5.74) is 6.08. The highest BCUT2D eigenvalue weighted by Gasteiger charge is 2.13. The molecule has 4 nitrogen and oxygen atoms in total. The van der Waals surface area contributed by atoms with Crippen LogP contribution in [0.15, 0.2) is 22.7 Å². The number of anilines is 1. The van der Waals surface area contributed by atoms with E-state index in [1.165, 1.54) is 6.07 Å². The first-order chi connectivity index (χ1) is 8.22. The highest BCUT2D eigenvalue weighted by molar-refractivity contribution is 7.98. The van der Waals surface area contributed by atoms with Crippen LogP contribution in [0.25, 0.3) is 11.5 Å². The average molecular weight is 253 g/mol. The van der Waals surface area contributed by atoms with Crippen molar-refractivity contribution in [1.82, 2.24) is 10.1 Å². The number of nitrogen functional groups attached to an aromatic ring is 1. The second kappa shape index (κ2) is 5.18.